The van der Waals surface area contributed by atoms with E-state index >= 15 is 0 Å². The summed E-state index contributed by atoms with van der Waals surface area (Å²) in [4.78, 5) is 72.5. The largest absolute Gasteiger partial charge is 0.453 e. The third-order valence-corrected chi connectivity index (χ3v) is 12.2. The number of aromatic nitrogens is 6. The topological polar surface area (TPSA) is 165 Å². The number of carbonyl (C=O) groups is 3. The third-order valence-electron chi connectivity index (χ3n) is 12.2. The molecule has 0 spiro atoms. The standard InChI is InChI=1S/C47H50N10O4/c1-61-47(60)54-40(32-13-5-2-6-14-32)45(58)56-25-11-17-38(56)43-50-29-36(52-43)31-19-21-34(22-20-31)42-48-27-35(28-49-42)37-30-51-44(53-37)39-18-12-26-57(39)46(59)41(33-15-7-3-8-16-33)55-23-9-4-10-24-55/h2-3,5-8,13-16,19-22,27-30,38-41H,4,9-12,17-18,23-26H2,1H3,(H,50,52)(H,51,53)(H,54,60)/t38-,39-,40+,41+/m0/s1. The van der Waals surface area contributed by atoms with Gasteiger partial charge in [0.1, 0.15) is 23.7 Å². The molecule has 0 aliphatic carbocycles. The number of likely N-dealkylation sites (tertiary alicyclic amines) is 3. The van der Waals surface area contributed by atoms with Gasteiger partial charge in [-0.25, -0.2) is 24.7 Å². The summed E-state index contributed by atoms with van der Waals surface area (Å²) in [6.45, 7) is 3.12. The van der Waals surface area contributed by atoms with Gasteiger partial charge in [-0.3, -0.25) is 14.5 Å². The van der Waals surface area contributed by atoms with Crippen molar-refractivity contribution in [1.82, 2.24) is 49.9 Å². The molecule has 4 atom stereocenters. The van der Waals surface area contributed by atoms with Gasteiger partial charge in [-0.1, -0.05) is 91.3 Å². The lowest BCUT2D eigenvalue weighted by Gasteiger charge is -2.37. The Labute approximate surface area is 354 Å². The number of nitrogens with one attached hydrogen (secondary N) is 3. The Morgan fingerprint density at radius 2 is 1.15 bits per heavy atom. The van der Waals surface area contributed by atoms with Gasteiger partial charge in [-0.05, 0) is 68.3 Å². The van der Waals surface area contributed by atoms with Gasteiger partial charge in [0.25, 0.3) is 5.91 Å². The van der Waals surface area contributed by atoms with Crippen LogP contribution < -0.4 is 5.32 Å². The minimum atomic E-state index is -0.882. The second kappa shape index (κ2) is 17.9. The fourth-order valence-electron chi connectivity index (χ4n) is 9.10. The fraction of sp³-hybridized carbons (Fsp3) is 0.340. The summed E-state index contributed by atoms with van der Waals surface area (Å²) in [5, 5.41) is 2.71. The summed E-state index contributed by atoms with van der Waals surface area (Å²) >= 11 is 0. The molecule has 3 aromatic heterocycles. The van der Waals surface area contributed by atoms with Crippen molar-refractivity contribution in [1.29, 1.82) is 0 Å². The van der Waals surface area contributed by atoms with Crippen molar-refractivity contribution in [2.24, 2.45) is 0 Å². The van der Waals surface area contributed by atoms with Crippen LogP contribution in [0.1, 0.15) is 91.9 Å². The SMILES string of the molecule is COC(=O)N[C@@H](C(=O)N1CCC[C@H]1c1ncc(-c2ccc(-c3ncc(-c4cnc([C@@H]5CCCN5C(=O)[C@@H](c5ccccc5)N5CCCCC5)[nH]4)cn3)cc2)[nH]1)c1ccccc1. The summed E-state index contributed by atoms with van der Waals surface area (Å²) < 4.78 is 4.83. The number of methoxy groups -OCH3 is 1. The number of nitrogens with zero attached hydrogens (tertiary/aromatic N) is 7. The van der Waals surface area contributed by atoms with E-state index in [1.807, 2.05) is 83.9 Å². The lowest BCUT2D eigenvalue weighted by atomic mass is 10.00. The van der Waals surface area contributed by atoms with Crippen LogP contribution in [0.2, 0.25) is 0 Å². The predicted octanol–water partition coefficient (Wildman–Crippen LogP) is 7.58. The smallest absolute Gasteiger partial charge is 0.407 e. The van der Waals surface area contributed by atoms with E-state index in [1.54, 1.807) is 23.5 Å². The molecule has 9 rings (SSSR count). The van der Waals surface area contributed by atoms with Gasteiger partial charge < -0.3 is 29.8 Å². The van der Waals surface area contributed by atoms with Gasteiger partial charge in [0.15, 0.2) is 5.82 Å². The highest BCUT2D eigenvalue weighted by molar-refractivity contribution is 5.87. The summed E-state index contributed by atoms with van der Waals surface area (Å²) in [5.41, 5.74) is 5.96. The fourth-order valence-corrected chi connectivity index (χ4v) is 9.10. The highest BCUT2D eigenvalue weighted by Crippen LogP contribution is 2.37. The molecule has 3 N–H and O–H groups in total. The van der Waals surface area contributed by atoms with Crippen LogP contribution in [0, 0.1) is 0 Å². The summed E-state index contributed by atoms with van der Waals surface area (Å²) in [6, 6.07) is 25.8. The van der Waals surface area contributed by atoms with E-state index < -0.39 is 12.1 Å². The van der Waals surface area contributed by atoms with E-state index in [1.165, 1.54) is 13.5 Å². The average Bonchev–Trinajstić information content (AvgIpc) is 4.17. The van der Waals surface area contributed by atoms with Crippen LogP contribution in [0.5, 0.6) is 0 Å². The van der Waals surface area contributed by atoms with E-state index in [4.69, 9.17) is 24.7 Å². The molecule has 312 valence electrons. The maximum absolute atomic E-state index is 14.4. The van der Waals surface area contributed by atoms with E-state index in [9.17, 15) is 14.4 Å². The first-order valence-corrected chi connectivity index (χ1v) is 21.3. The Kier molecular flexibility index (Phi) is 11.7. The van der Waals surface area contributed by atoms with Crippen molar-refractivity contribution in [2.45, 2.75) is 69.1 Å². The lowest BCUT2D eigenvalue weighted by molar-refractivity contribution is -0.139. The molecular weight excluding hydrogens is 769 g/mol. The van der Waals surface area contributed by atoms with Crippen LogP contribution in [-0.4, -0.2) is 95.8 Å². The minimum Gasteiger partial charge on any atom is -0.453 e. The third kappa shape index (κ3) is 8.40. The predicted molar refractivity (Wildman–Crippen MR) is 229 cm³/mol. The highest BCUT2D eigenvalue weighted by Gasteiger charge is 2.39. The molecule has 3 aliphatic heterocycles. The number of alkyl carbamates (subject to hydrolysis) is 1. The molecule has 3 aliphatic rings. The minimum absolute atomic E-state index is 0.121. The zero-order chi connectivity index (χ0) is 41.7. The maximum Gasteiger partial charge on any atom is 0.407 e. The van der Waals surface area contributed by atoms with E-state index in [0.717, 1.165) is 91.1 Å². The van der Waals surface area contributed by atoms with Crippen molar-refractivity contribution >= 4 is 17.9 Å². The molecule has 0 saturated carbocycles. The Morgan fingerprint density at radius 3 is 1.74 bits per heavy atom. The van der Waals surface area contributed by atoms with Gasteiger partial charge in [0, 0.05) is 36.6 Å². The number of imidazole rings is 2. The number of aromatic amines is 2. The van der Waals surface area contributed by atoms with Gasteiger partial charge in [0.2, 0.25) is 5.91 Å². The quantitative estimate of drug-likeness (QED) is 0.120. The normalized spacial score (nSPS) is 19.1. The number of rotatable bonds is 11. The highest BCUT2D eigenvalue weighted by atomic mass is 16.5. The molecule has 0 unspecified atom stereocenters. The van der Waals surface area contributed by atoms with E-state index in [-0.39, 0.29) is 29.9 Å². The van der Waals surface area contributed by atoms with Gasteiger partial charge in [-0.15, -0.1) is 0 Å². The molecule has 14 nitrogen and oxygen atoms in total. The maximum atomic E-state index is 14.4. The number of hydrogen-bond acceptors (Lipinski definition) is 9. The number of H-pyrrole nitrogens is 2. The number of hydrogen-bond donors (Lipinski definition) is 3. The van der Waals surface area contributed by atoms with Crippen molar-refractivity contribution in [3.8, 4) is 33.9 Å². The number of ether oxygens (including phenoxy) is 1. The summed E-state index contributed by atoms with van der Waals surface area (Å²) in [5.74, 6) is 2.00. The van der Waals surface area contributed by atoms with Gasteiger partial charge in [0.05, 0.1) is 43.0 Å². The lowest BCUT2D eigenvalue weighted by Crippen LogP contribution is -2.44. The monoisotopic (exact) mass is 818 g/mol. The van der Waals surface area contributed by atoms with Crippen LogP contribution >= 0.6 is 0 Å². The Balaban J connectivity index is 0.860. The zero-order valence-corrected chi connectivity index (χ0v) is 34.2. The molecule has 3 fully saturated rings. The first-order valence-electron chi connectivity index (χ1n) is 21.3. The summed E-state index contributed by atoms with van der Waals surface area (Å²) in [6.07, 6.45) is 13.3. The van der Waals surface area contributed by atoms with Crippen molar-refractivity contribution in [3.05, 3.63) is 132 Å². The number of carbonyl (C=O) groups excluding carboxylic acids is 3. The molecule has 0 bridgehead atoms. The zero-order valence-electron chi connectivity index (χ0n) is 34.2. The second-order valence-corrected chi connectivity index (χ2v) is 16.0. The van der Waals surface area contributed by atoms with Crippen LogP contribution in [0.3, 0.4) is 0 Å². The molecule has 14 heteroatoms. The molecule has 3 saturated heterocycles. The van der Waals surface area contributed by atoms with E-state index in [0.29, 0.717) is 30.3 Å². The first-order chi connectivity index (χ1) is 29.9. The van der Waals surface area contributed by atoms with Gasteiger partial charge >= 0.3 is 6.09 Å². The number of piperidine rings is 1. The molecular formula is C47H50N10O4. The first kappa shape index (κ1) is 39.8. The molecule has 3 amide bonds. The Bertz CT molecular complexity index is 2430. The van der Waals surface area contributed by atoms with Crippen molar-refractivity contribution in [3.63, 3.8) is 0 Å². The Morgan fingerprint density at radius 1 is 0.607 bits per heavy atom. The van der Waals surface area contributed by atoms with Crippen molar-refractivity contribution < 1.29 is 19.1 Å². The van der Waals surface area contributed by atoms with Crippen LogP contribution in [-0.2, 0) is 14.3 Å². The molecule has 6 aromatic rings. The van der Waals surface area contributed by atoms with E-state index in [2.05, 4.69) is 32.3 Å². The van der Waals surface area contributed by atoms with Crippen LogP contribution in [0.15, 0.2) is 110 Å². The summed E-state index contributed by atoms with van der Waals surface area (Å²) in [7, 11) is 1.28. The molecule has 61 heavy (non-hydrogen) atoms. The van der Waals surface area contributed by atoms with Crippen LogP contribution in [0.25, 0.3) is 33.9 Å². The van der Waals surface area contributed by atoms with Crippen molar-refractivity contribution in [2.75, 3.05) is 33.3 Å². The average molecular weight is 819 g/mol. The molecule has 3 aromatic carbocycles. The van der Waals surface area contributed by atoms with Gasteiger partial charge in [-0.2, -0.15) is 0 Å². The molecule has 0 radical (unpaired) electrons. The molecule has 6 heterocycles. The van der Waals surface area contributed by atoms with Crippen LogP contribution in [0.4, 0.5) is 4.79 Å². The Hall–Kier alpha value is -6.67. The number of benzene rings is 3. The second-order valence-electron chi connectivity index (χ2n) is 16.0. The number of amides is 3.